The minimum absolute atomic E-state index is 1.43. The van der Waals surface area contributed by atoms with Crippen LogP contribution >= 0.6 is 0 Å². The van der Waals surface area contributed by atoms with Crippen LogP contribution in [0.2, 0.25) is 0 Å². The van der Waals surface area contributed by atoms with Crippen molar-refractivity contribution in [3.63, 3.8) is 0 Å². The van der Waals surface area contributed by atoms with E-state index in [-0.39, 0.29) is 0 Å². The number of carbonyl (C=O) groups excluding carboxylic acids is 1. The molecule has 2 N–H and O–H groups in total. The molecule has 11 nitrogen and oxygen atoms in total. The van der Waals surface area contributed by atoms with E-state index in [4.69, 9.17) is 9.66 Å². The summed E-state index contributed by atoms with van der Waals surface area (Å²) in [6.07, 6.45) is -44.3. The van der Waals surface area contributed by atoms with Crippen LogP contribution in [0.4, 0.5) is 87.8 Å². The average Bonchev–Trinajstić information content (AvgIpc) is 2.91. The molecule has 0 spiro atoms. The highest BCUT2D eigenvalue weighted by atomic mass is 32.2. The van der Waals surface area contributed by atoms with Gasteiger partial charge in [-0.3, -0.25) is 23.6 Å². The van der Waals surface area contributed by atoms with E-state index in [1.165, 1.54) is 0 Å². The van der Waals surface area contributed by atoms with Crippen LogP contribution in [0, 0.1) is 0 Å². The summed E-state index contributed by atoms with van der Waals surface area (Å²) in [5.41, 5.74) is 0. The van der Waals surface area contributed by atoms with Gasteiger partial charge in [0.05, 0.1) is 19.6 Å². The Bertz CT molecular complexity index is 1300. The van der Waals surface area contributed by atoms with Crippen molar-refractivity contribution in [2.45, 2.75) is 85.2 Å². The molecule has 0 aliphatic rings. The molecule has 4 atom stereocenters. The van der Waals surface area contributed by atoms with E-state index >= 15 is 0 Å². The fourth-order valence-electron chi connectivity index (χ4n) is 2.68. The minimum atomic E-state index is -7.28. The second-order valence-electron chi connectivity index (χ2n) is 9.58. The molecule has 310 valence electrons. The van der Waals surface area contributed by atoms with Crippen LogP contribution in [0.15, 0.2) is 0 Å². The van der Waals surface area contributed by atoms with Crippen molar-refractivity contribution in [2.24, 2.45) is 0 Å². The maximum atomic E-state index is 13.9. The molecule has 0 aromatic carbocycles. The number of rotatable bonds is 22. The molecule has 0 saturated heterocycles. The van der Waals surface area contributed by atoms with Crippen molar-refractivity contribution < 1.29 is 139 Å². The summed E-state index contributed by atoms with van der Waals surface area (Å²) in [6, 6.07) is 0. The first-order chi connectivity index (χ1) is 22.8. The van der Waals surface area contributed by atoms with Gasteiger partial charge in [0.25, 0.3) is 22.8 Å². The van der Waals surface area contributed by atoms with Gasteiger partial charge in [0.15, 0.2) is 5.25 Å². The van der Waals surface area contributed by atoms with Crippen molar-refractivity contribution in [1.29, 1.82) is 0 Å². The first-order valence-electron chi connectivity index (χ1n) is 12.3. The van der Waals surface area contributed by atoms with Crippen molar-refractivity contribution in [2.75, 3.05) is 26.4 Å². The molecule has 0 bridgehead atoms. The Kier molecular flexibility index (Phi) is 15.9. The summed E-state index contributed by atoms with van der Waals surface area (Å²) in [4.78, 5) is 22.9. The highest BCUT2D eigenvalue weighted by Crippen LogP contribution is 2.49. The molecule has 0 amide bonds. The molecule has 32 heteroatoms. The molecule has 0 aliphatic heterocycles. The lowest BCUT2D eigenvalue weighted by atomic mass is 10.2. The standard InChI is InChI=1S/C20H18F20O11S/c21-11(50-19(37,38)15(27,28)17(31,32)33)13(23,24)5-47-2-1-7(49-10(43)8(3-9(41)42)52(44,45)46)4-48-6-14(25,26)12(22)51-20(39,40)16(29,30)18(34,35)36/h7-8,11-12H,1-6H2,(H,41,42)(H,44,45,46). The number of hydrogen-bond acceptors (Lipinski definition) is 9. The zero-order chi connectivity index (χ0) is 41.7. The summed E-state index contributed by atoms with van der Waals surface area (Å²) in [5, 5.41) is 5.55. The molecule has 0 rings (SSSR count). The van der Waals surface area contributed by atoms with E-state index in [1.54, 1.807) is 0 Å². The Morgan fingerprint density at radius 1 is 0.635 bits per heavy atom. The smallest absolute Gasteiger partial charge is 0.462 e. The molecule has 0 saturated carbocycles. The van der Waals surface area contributed by atoms with Crippen molar-refractivity contribution in [1.82, 2.24) is 0 Å². The summed E-state index contributed by atoms with van der Waals surface area (Å²) in [5.74, 6) is -30.3. The highest BCUT2D eigenvalue weighted by molar-refractivity contribution is 7.87. The number of aliphatic carboxylic acids is 1. The Hall–Kier alpha value is -2.71. The summed E-state index contributed by atoms with van der Waals surface area (Å²) in [7, 11) is -5.75. The second-order valence-corrected chi connectivity index (χ2v) is 11.2. The van der Waals surface area contributed by atoms with E-state index < -0.39 is 134 Å². The number of carbonyl (C=O) groups is 2. The number of hydrogen-bond donors (Lipinski definition) is 2. The third-order valence-electron chi connectivity index (χ3n) is 5.35. The van der Waals surface area contributed by atoms with Gasteiger partial charge < -0.3 is 19.3 Å². The Morgan fingerprint density at radius 3 is 1.33 bits per heavy atom. The first kappa shape index (κ1) is 49.3. The molecule has 0 radical (unpaired) electrons. The van der Waals surface area contributed by atoms with Gasteiger partial charge in [-0.1, -0.05) is 0 Å². The molecule has 0 heterocycles. The first-order valence-corrected chi connectivity index (χ1v) is 13.9. The lowest BCUT2D eigenvalue weighted by molar-refractivity contribution is -0.451. The van der Waals surface area contributed by atoms with Gasteiger partial charge in [0.2, 0.25) is 0 Å². The third-order valence-corrected chi connectivity index (χ3v) is 6.43. The van der Waals surface area contributed by atoms with E-state index in [1.807, 2.05) is 0 Å². The SMILES string of the molecule is O=C(O)CC(C(=O)OC(CCOCC(F)(F)C(F)OC(F)(F)C(F)(F)C(F)(F)F)COCC(F)(F)C(F)OC(F)(F)C(F)(F)C(F)(F)F)S(=O)(=O)O. The van der Waals surface area contributed by atoms with Crippen LogP contribution in [0.5, 0.6) is 0 Å². The van der Waals surface area contributed by atoms with Gasteiger partial charge in [-0.25, -0.2) is 8.78 Å². The molecule has 0 aromatic rings. The van der Waals surface area contributed by atoms with E-state index in [0.29, 0.717) is 0 Å². The predicted molar refractivity (Wildman–Crippen MR) is 117 cm³/mol. The molecule has 0 aromatic heterocycles. The minimum Gasteiger partial charge on any atom is -0.481 e. The maximum Gasteiger partial charge on any atom is 0.462 e. The fourth-order valence-corrected chi connectivity index (χ4v) is 3.33. The molecular formula is C20H18F20O11S. The lowest BCUT2D eigenvalue weighted by Crippen LogP contribution is -2.56. The lowest BCUT2D eigenvalue weighted by Gasteiger charge is -2.31. The van der Waals surface area contributed by atoms with Gasteiger partial charge in [-0.05, 0) is 0 Å². The Balaban J connectivity index is 5.87. The number of carboxylic acids is 1. The van der Waals surface area contributed by atoms with Crippen LogP contribution in [0.25, 0.3) is 0 Å². The van der Waals surface area contributed by atoms with E-state index in [0.717, 1.165) is 0 Å². The van der Waals surface area contributed by atoms with Gasteiger partial charge in [0.1, 0.15) is 19.3 Å². The molecule has 52 heavy (non-hydrogen) atoms. The van der Waals surface area contributed by atoms with Crippen LogP contribution in [0.3, 0.4) is 0 Å². The second kappa shape index (κ2) is 16.8. The number of alkyl halides is 20. The Morgan fingerprint density at radius 2 is 1.00 bits per heavy atom. The summed E-state index contributed by atoms with van der Waals surface area (Å²) in [6.45, 7) is -8.78. The van der Waals surface area contributed by atoms with Crippen molar-refractivity contribution in [3.05, 3.63) is 0 Å². The largest absolute Gasteiger partial charge is 0.481 e. The Labute approximate surface area is 273 Å². The number of ether oxygens (including phenoxy) is 5. The van der Waals surface area contributed by atoms with E-state index in [2.05, 4.69) is 23.7 Å². The fraction of sp³-hybridized carbons (Fsp3) is 0.900. The number of halogens is 20. The number of esters is 1. The zero-order valence-corrected chi connectivity index (χ0v) is 24.9. The van der Waals surface area contributed by atoms with E-state index in [9.17, 15) is 106 Å². The molecule has 4 unspecified atom stereocenters. The molecule has 0 fully saturated rings. The highest BCUT2D eigenvalue weighted by Gasteiger charge is 2.77. The monoisotopic (exact) mass is 846 g/mol. The van der Waals surface area contributed by atoms with Crippen molar-refractivity contribution in [3.8, 4) is 0 Å². The summed E-state index contributed by atoms with van der Waals surface area (Å²) >= 11 is 0. The van der Waals surface area contributed by atoms with Gasteiger partial charge in [0, 0.05) is 6.42 Å². The quantitative estimate of drug-likeness (QED) is 0.0612. The van der Waals surface area contributed by atoms with Gasteiger partial charge in [-0.2, -0.15) is 87.4 Å². The predicted octanol–water partition coefficient (Wildman–Crippen LogP) is 5.53. The van der Waals surface area contributed by atoms with Gasteiger partial charge in [-0.15, -0.1) is 0 Å². The molecule has 0 aliphatic carbocycles. The molecular weight excluding hydrogens is 828 g/mol. The average molecular weight is 846 g/mol. The maximum absolute atomic E-state index is 13.9. The zero-order valence-electron chi connectivity index (χ0n) is 24.1. The van der Waals surface area contributed by atoms with Gasteiger partial charge >= 0.3 is 60.2 Å². The topological polar surface area (TPSA) is 155 Å². The van der Waals surface area contributed by atoms with Crippen LogP contribution in [0.1, 0.15) is 12.8 Å². The van der Waals surface area contributed by atoms with Crippen LogP contribution < -0.4 is 0 Å². The van der Waals surface area contributed by atoms with Crippen LogP contribution in [-0.2, 0) is 43.4 Å². The van der Waals surface area contributed by atoms with Crippen molar-refractivity contribution >= 4 is 22.1 Å². The normalized spacial score (nSPS) is 17.0. The number of carboxylic acid groups (broad SMARTS) is 1. The summed E-state index contributed by atoms with van der Waals surface area (Å²) < 4.78 is 307. The third kappa shape index (κ3) is 13.0. The van der Waals surface area contributed by atoms with Crippen LogP contribution in [-0.4, -0.2) is 129 Å².